The molecule has 80 valence electrons. The predicted octanol–water partition coefficient (Wildman–Crippen LogP) is 2.73. The summed E-state index contributed by atoms with van der Waals surface area (Å²) < 4.78 is 0. The average Bonchev–Trinajstić information content (AvgIpc) is 2.30. The minimum absolute atomic E-state index is 0.0226. The van der Waals surface area contributed by atoms with Gasteiger partial charge in [0.05, 0.1) is 0 Å². The zero-order chi connectivity index (χ0) is 10.7. The molecule has 1 saturated carbocycles. The molecule has 1 aromatic heterocycles. The zero-order valence-corrected chi connectivity index (χ0v) is 9.07. The van der Waals surface area contributed by atoms with Gasteiger partial charge in [-0.2, -0.15) is 0 Å². The molecule has 1 heterocycles. The number of rotatable bonds is 2. The molecule has 0 unspecified atom stereocenters. The molecule has 0 amide bonds. The molecule has 1 aliphatic rings. The van der Waals surface area contributed by atoms with Crippen LogP contribution in [0.2, 0.25) is 0 Å². The third-order valence-electron chi connectivity index (χ3n) is 3.01. The Morgan fingerprint density at radius 2 is 2.07 bits per heavy atom. The van der Waals surface area contributed by atoms with Crippen molar-refractivity contribution in [3.8, 4) is 0 Å². The maximum absolute atomic E-state index is 11.2. The molecule has 1 fully saturated rings. The number of carbonyl (C=O) groups is 1. The Kier molecular flexibility index (Phi) is 3.09. The molecule has 3 nitrogen and oxygen atoms in total. The van der Waals surface area contributed by atoms with Gasteiger partial charge < -0.3 is 0 Å². The maximum Gasteiger partial charge on any atom is 0.178 e. The first-order valence-electron chi connectivity index (χ1n) is 5.61. The number of carbonyl (C=O) groups excluding carboxylic acids is 1. The summed E-state index contributed by atoms with van der Waals surface area (Å²) in [5.74, 6) is 1.36. The summed E-state index contributed by atoms with van der Waals surface area (Å²) in [5.41, 5.74) is 0.547. The highest BCUT2D eigenvalue weighted by molar-refractivity contribution is 5.91. The van der Waals surface area contributed by atoms with Gasteiger partial charge in [0, 0.05) is 19.0 Å². The Hall–Kier alpha value is -1.25. The van der Waals surface area contributed by atoms with Crippen LogP contribution in [0.3, 0.4) is 0 Å². The molecule has 15 heavy (non-hydrogen) atoms. The lowest BCUT2D eigenvalue weighted by molar-refractivity contribution is 0.101. The summed E-state index contributed by atoms with van der Waals surface area (Å²) in [7, 11) is 0. The Morgan fingerprint density at radius 3 is 2.73 bits per heavy atom. The van der Waals surface area contributed by atoms with Crippen LogP contribution in [0.1, 0.15) is 61.3 Å². The van der Waals surface area contributed by atoms with E-state index in [-0.39, 0.29) is 5.78 Å². The van der Waals surface area contributed by atoms with Crippen molar-refractivity contribution in [1.29, 1.82) is 0 Å². The van der Waals surface area contributed by atoms with Crippen molar-refractivity contribution in [3.05, 3.63) is 23.8 Å². The lowest BCUT2D eigenvalue weighted by Gasteiger charge is -2.20. The molecule has 0 bridgehead atoms. The lowest BCUT2D eigenvalue weighted by Crippen LogP contribution is -2.10. The normalized spacial score (nSPS) is 17.7. The molecule has 1 aliphatic carbocycles. The molecule has 0 aliphatic heterocycles. The lowest BCUT2D eigenvalue weighted by atomic mass is 9.88. The number of ketones is 1. The Bertz CT molecular complexity index is 356. The number of hydrogen-bond donors (Lipinski definition) is 0. The van der Waals surface area contributed by atoms with Crippen molar-refractivity contribution in [2.45, 2.75) is 44.9 Å². The Morgan fingerprint density at radius 1 is 1.33 bits per heavy atom. The van der Waals surface area contributed by atoms with Crippen LogP contribution in [0.25, 0.3) is 0 Å². The van der Waals surface area contributed by atoms with Gasteiger partial charge in [0.15, 0.2) is 5.78 Å². The molecule has 0 radical (unpaired) electrons. The summed E-state index contributed by atoms with van der Waals surface area (Å²) >= 11 is 0. The van der Waals surface area contributed by atoms with Crippen molar-refractivity contribution in [2.75, 3.05) is 0 Å². The van der Waals surface area contributed by atoms with Crippen LogP contribution in [0.5, 0.6) is 0 Å². The fourth-order valence-corrected chi connectivity index (χ4v) is 2.13. The van der Waals surface area contributed by atoms with Gasteiger partial charge in [-0.1, -0.05) is 19.3 Å². The molecule has 0 spiro atoms. The van der Waals surface area contributed by atoms with Gasteiger partial charge in [-0.15, -0.1) is 0 Å². The van der Waals surface area contributed by atoms with Crippen molar-refractivity contribution >= 4 is 5.78 Å². The second-order valence-electron chi connectivity index (χ2n) is 4.19. The minimum atomic E-state index is 0.0226. The van der Waals surface area contributed by atoms with Crippen molar-refractivity contribution < 1.29 is 4.79 Å². The van der Waals surface area contributed by atoms with E-state index in [9.17, 15) is 4.79 Å². The highest BCUT2D eigenvalue weighted by Gasteiger charge is 2.18. The van der Waals surface area contributed by atoms with Crippen LogP contribution in [0.15, 0.2) is 12.3 Å². The largest absolute Gasteiger partial charge is 0.293 e. The van der Waals surface area contributed by atoms with Gasteiger partial charge in [-0.25, -0.2) is 9.97 Å². The third-order valence-corrected chi connectivity index (χ3v) is 3.01. The van der Waals surface area contributed by atoms with Gasteiger partial charge >= 0.3 is 0 Å². The van der Waals surface area contributed by atoms with Crippen LogP contribution in [-0.2, 0) is 0 Å². The third kappa shape index (κ3) is 2.41. The highest BCUT2D eigenvalue weighted by atomic mass is 16.1. The zero-order valence-electron chi connectivity index (χ0n) is 9.07. The summed E-state index contributed by atoms with van der Waals surface area (Å²) in [5, 5.41) is 0. The van der Waals surface area contributed by atoms with E-state index in [0.29, 0.717) is 11.6 Å². The predicted molar refractivity (Wildman–Crippen MR) is 57.9 cm³/mol. The SMILES string of the molecule is CC(=O)c1ccnc(C2CCCCC2)n1. The van der Waals surface area contributed by atoms with Gasteiger partial charge in [0.25, 0.3) is 0 Å². The molecule has 0 saturated heterocycles. The monoisotopic (exact) mass is 204 g/mol. The average molecular weight is 204 g/mol. The summed E-state index contributed by atoms with van der Waals surface area (Å²) in [6.45, 7) is 1.55. The fraction of sp³-hybridized carbons (Fsp3) is 0.583. The fourth-order valence-electron chi connectivity index (χ4n) is 2.13. The van der Waals surface area contributed by atoms with E-state index in [1.54, 1.807) is 19.2 Å². The number of nitrogens with zero attached hydrogens (tertiary/aromatic N) is 2. The second-order valence-corrected chi connectivity index (χ2v) is 4.19. The van der Waals surface area contributed by atoms with Gasteiger partial charge in [-0.3, -0.25) is 4.79 Å². The first kappa shape index (κ1) is 10.3. The van der Waals surface area contributed by atoms with Crippen LogP contribution < -0.4 is 0 Å². The molecule has 0 atom stereocenters. The van der Waals surface area contributed by atoms with Gasteiger partial charge in [0.2, 0.25) is 0 Å². The van der Waals surface area contributed by atoms with Crippen molar-refractivity contribution in [2.24, 2.45) is 0 Å². The summed E-state index contributed by atoms with van der Waals surface area (Å²) in [6.07, 6.45) is 7.88. The van der Waals surface area contributed by atoms with E-state index < -0.39 is 0 Å². The van der Waals surface area contributed by atoms with Gasteiger partial charge in [-0.05, 0) is 18.9 Å². The number of Topliss-reactive ketones (excluding diaryl/α,β-unsaturated/α-hetero) is 1. The number of hydrogen-bond acceptors (Lipinski definition) is 3. The Labute approximate surface area is 89.9 Å². The van der Waals surface area contributed by atoms with E-state index in [0.717, 1.165) is 5.82 Å². The summed E-state index contributed by atoms with van der Waals surface area (Å²) in [4.78, 5) is 19.8. The smallest absolute Gasteiger partial charge is 0.178 e. The van der Waals surface area contributed by atoms with Crippen LogP contribution >= 0.6 is 0 Å². The standard InChI is InChI=1S/C12H16N2O/c1-9(15)11-7-8-13-12(14-11)10-5-3-2-4-6-10/h7-8,10H,2-6H2,1H3. The molecule has 1 aromatic rings. The second kappa shape index (κ2) is 4.51. The van der Waals surface area contributed by atoms with E-state index in [4.69, 9.17) is 0 Å². The Balaban J connectivity index is 2.19. The van der Waals surface area contributed by atoms with Crippen molar-refractivity contribution in [3.63, 3.8) is 0 Å². The van der Waals surface area contributed by atoms with E-state index in [1.807, 2.05) is 0 Å². The van der Waals surface area contributed by atoms with Crippen LogP contribution in [-0.4, -0.2) is 15.8 Å². The highest BCUT2D eigenvalue weighted by Crippen LogP contribution is 2.30. The molecular weight excluding hydrogens is 188 g/mol. The van der Waals surface area contributed by atoms with E-state index >= 15 is 0 Å². The quantitative estimate of drug-likeness (QED) is 0.696. The van der Waals surface area contributed by atoms with Crippen LogP contribution in [0.4, 0.5) is 0 Å². The molecule has 2 rings (SSSR count). The first-order valence-corrected chi connectivity index (χ1v) is 5.61. The van der Waals surface area contributed by atoms with E-state index in [1.165, 1.54) is 32.1 Å². The van der Waals surface area contributed by atoms with Crippen LogP contribution in [0, 0.1) is 0 Å². The summed E-state index contributed by atoms with van der Waals surface area (Å²) in [6, 6.07) is 1.69. The number of aromatic nitrogens is 2. The van der Waals surface area contributed by atoms with Crippen molar-refractivity contribution in [1.82, 2.24) is 9.97 Å². The topological polar surface area (TPSA) is 42.9 Å². The molecule has 0 N–H and O–H groups in total. The maximum atomic E-state index is 11.2. The molecule has 0 aromatic carbocycles. The minimum Gasteiger partial charge on any atom is -0.293 e. The van der Waals surface area contributed by atoms with E-state index in [2.05, 4.69) is 9.97 Å². The molecule has 3 heteroatoms. The molecular formula is C12H16N2O. The first-order chi connectivity index (χ1) is 7.27. The van der Waals surface area contributed by atoms with Gasteiger partial charge in [0.1, 0.15) is 11.5 Å².